The zero-order valence-electron chi connectivity index (χ0n) is 21.0. The molecule has 0 unspecified atom stereocenters. The van der Waals surface area contributed by atoms with E-state index in [0.29, 0.717) is 37.6 Å². The number of hydrogen-bond acceptors (Lipinski definition) is 6. The van der Waals surface area contributed by atoms with Crippen LogP contribution in [0.3, 0.4) is 0 Å². The molecule has 1 aliphatic heterocycles. The monoisotopic (exact) mass is 480 g/mol. The number of rotatable bonds is 15. The average Bonchev–Trinajstić information content (AvgIpc) is 2.61. The van der Waals surface area contributed by atoms with E-state index in [0.717, 1.165) is 37.4 Å². The highest BCUT2D eigenvalue weighted by atomic mass is 28.5. The van der Waals surface area contributed by atoms with Crippen LogP contribution in [0.1, 0.15) is 81.6 Å². The van der Waals surface area contributed by atoms with Crippen molar-refractivity contribution < 1.29 is 25.6 Å². The molecule has 180 valence electrons. The van der Waals surface area contributed by atoms with Crippen LogP contribution in [-0.4, -0.2) is 46.2 Å². The van der Waals surface area contributed by atoms with Crippen LogP contribution in [-0.2, 0) is 25.6 Å². The molecule has 0 bridgehead atoms. The Kier molecular flexibility index (Phi) is 12.5. The molecule has 0 N–H and O–H groups in total. The number of hydrogen-bond donors (Lipinski definition) is 0. The summed E-state index contributed by atoms with van der Waals surface area (Å²) >= 11 is 0. The molecule has 1 rings (SSSR count). The summed E-state index contributed by atoms with van der Waals surface area (Å²) in [5.74, 6) is 1.17. The summed E-state index contributed by atoms with van der Waals surface area (Å²) in [6.45, 7) is 21.4. The topological polar surface area (TPSA) is 55.4 Å². The molecule has 1 heterocycles. The summed E-state index contributed by atoms with van der Waals surface area (Å²) in [6, 6.07) is 2.29. The maximum Gasteiger partial charge on any atom is 0.486 e. The lowest BCUT2D eigenvalue weighted by Gasteiger charge is -2.51. The van der Waals surface area contributed by atoms with Gasteiger partial charge in [-0.2, -0.15) is 0 Å². The van der Waals surface area contributed by atoms with Gasteiger partial charge in [0.1, 0.15) is 0 Å². The van der Waals surface area contributed by atoms with Crippen molar-refractivity contribution in [3.8, 4) is 0 Å². The molecule has 30 heavy (non-hydrogen) atoms. The molecule has 0 aliphatic carbocycles. The van der Waals surface area contributed by atoms with Gasteiger partial charge in [-0.3, -0.25) is 0 Å². The summed E-state index contributed by atoms with van der Waals surface area (Å²) in [6.07, 6.45) is 2.76. The normalized spacial score (nSPS) is 30.0. The van der Waals surface area contributed by atoms with Gasteiger partial charge < -0.3 is 25.6 Å². The van der Waals surface area contributed by atoms with Crippen molar-refractivity contribution in [1.29, 1.82) is 0 Å². The third-order valence-corrected chi connectivity index (χ3v) is 17.8. The van der Waals surface area contributed by atoms with E-state index in [1.165, 1.54) is 0 Å². The zero-order valence-corrected chi connectivity index (χ0v) is 24.0. The van der Waals surface area contributed by atoms with E-state index in [4.69, 9.17) is 25.6 Å². The highest BCUT2D eigenvalue weighted by Crippen LogP contribution is 2.42. The Morgan fingerprint density at radius 1 is 0.500 bits per heavy atom. The third-order valence-electron chi connectivity index (χ3n) is 4.49. The quantitative estimate of drug-likeness (QED) is 0.263. The SMILES string of the molecule is CCCO[Si]1(CC(C)C)O[Si](CC(C)C)(OCCC)O[Si](CC(C)C)(OCCC)O1. The fourth-order valence-corrected chi connectivity index (χ4v) is 19.3. The fraction of sp³-hybridized carbons (Fsp3) is 1.00. The molecule has 0 aromatic carbocycles. The summed E-state index contributed by atoms with van der Waals surface area (Å²) in [5, 5.41) is 0. The molecule has 1 fully saturated rings. The lowest BCUT2D eigenvalue weighted by atomic mass is 10.3. The van der Waals surface area contributed by atoms with Gasteiger partial charge in [-0.05, 0) is 37.0 Å². The molecule has 0 amide bonds. The summed E-state index contributed by atoms with van der Waals surface area (Å²) in [5.41, 5.74) is 0. The van der Waals surface area contributed by atoms with Gasteiger partial charge in [0.05, 0.1) is 0 Å². The Morgan fingerprint density at radius 2 is 0.733 bits per heavy atom. The van der Waals surface area contributed by atoms with Crippen LogP contribution in [0.5, 0.6) is 0 Å². The predicted octanol–water partition coefficient (Wildman–Crippen LogP) is 6.11. The van der Waals surface area contributed by atoms with E-state index in [-0.39, 0.29) is 0 Å². The van der Waals surface area contributed by atoms with Crippen molar-refractivity contribution in [2.45, 2.75) is 99.7 Å². The fourth-order valence-electron chi connectivity index (χ4n) is 3.65. The van der Waals surface area contributed by atoms with E-state index in [9.17, 15) is 0 Å². The molecular weight excluding hydrogens is 432 g/mol. The molecule has 9 heteroatoms. The van der Waals surface area contributed by atoms with Gasteiger partial charge in [-0.1, -0.05) is 62.3 Å². The van der Waals surface area contributed by atoms with E-state index < -0.39 is 26.4 Å². The second kappa shape index (κ2) is 13.2. The van der Waals surface area contributed by atoms with Crippen molar-refractivity contribution in [3.05, 3.63) is 0 Å². The molecule has 0 radical (unpaired) electrons. The first-order valence-corrected chi connectivity index (χ1v) is 17.9. The second-order valence-corrected chi connectivity index (χ2v) is 18.3. The minimum absolute atomic E-state index is 0.389. The molecule has 0 aromatic heterocycles. The Balaban J connectivity index is 3.50. The molecule has 0 spiro atoms. The Morgan fingerprint density at radius 3 is 0.900 bits per heavy atom. The first-order chi connectivity index (χ1) is 14.1. The standard InChI is InChI=1S/C21H48O6Si3/c1-10-13-22-28(16-19(4)5)25-29(17-20(6)7,23-14-11-2)27-30(26-28,18-21(8)9)24-15-12-3/h19-21H,10-18H2,1-9H3. The highest BCUT2D eigenvalue weighted by Gasteiger charge is 2.67. The van der Waals surface area contributed by atoms with Gasteiger partial charge in [0.25, 0.3) is 0 Å². The van der Waals surface area contributed by atoms with Gasteiger partial charge in [0.2, 0.25) is 0 Å². The lowest BCUT2D eigenvalue weighted by Crippen LogP contribution is -2.74. The van der Waals surface area contributed by atoms with Crippen LogP contribution < -0.4 is 0 Å². The highest BCUT2D eigenvalue weighted by molar-refractivity contribution is 6.89. The maximum absolute atomic E-state index is 6.85. The molecule has 0 atom stereocenters. The van der Waals surface area contributed by atoms with Crippen LogP contribution in [0.25, 0.3) is 0 Å². The first-order valence-electron chi connectivity index (χ1n) is 12.1. The van der Waals surface area contributed by atoms with Crippen LogP contribution in [0.4, 0.5) is 0 Å². The molecular formula is C21H48O6Si3. The van der Waals surface area contributed by atoms with Gasteiger partial charge in [-0.15, -0.1) is 0 Å². The van der Waals surface area contributed by atoms with E-state index in [1.807, 2.05) is 0 Å². The Labute approximate surface area is 189 Å². The van der Waals surface area contributed by atoms with Gasteiger partial charge in [-0.25, -0.2) is 0 Å². The van der Waals surface area contributed by atoms with Crippen LogP contribution >= 0.6 is 0 Å². The minimum atomic E-state index is -3.02. The summed E-state index contributed by atoms with van der Waals surface area (Å²) in [4.78, 5) is 0. The van der Waals surface area contributed by atoms with Crippen molar-refractivity contribution in [3.63, 3.8) is 0 Å². The predicted molar refractivity (Wildman–Crippen MR) is 128 cm³/mol. The van der Waals surface area contributed by atoms with Crippen molar-refractivity contribution >= 4 is 26.4 Å². The van der Waals surface area contributed by atoms with E-state index >= 15 is 0 Å². The maximum atomic E-state index is 6.85. The Hall–Kier alpha value is 0.411. The molecule has 6 nitrogen and oxygen atoms in total. The van der Waals surface area contributed by atoms with E-state index in [1.54, 1.807) is 0 Å². The van der Waals surface area contributed by atoms with Gasteiger partial charge in [0.15, 0.2) is 0 Å². The average molecular weight is 481 g/mol. The van der Waals surface area contributed by atoms with Gasteiger partial charge in [0, 0.05) is 38.0 Å². The smallest absolute Gasteiger partial charge is 0.374 e. The second-order valence-electron chi connectivity index (χ2n) is 9.69. The van der Waals surface area contributed by atoms with Crippen LogP contribution in [0.2, 0.25) is 18.1 Å². The summed E-state index contributed by atoms with van der Waals surface area (Å²) in [7, 11) is -9.07. The van der Waals surface area contributed by atoms with Crippen molar-refractivity contribution in [2.75, 3.05) is 19.8 Å². The molecule has 0 aromatic rings. The molecule has 1 aliphatic rings. The van der Waals surface area contributed by atoms with Crippen molar-refractivity contribution in [1.82, 2.24) is 0 Å². The van der Waals surface area contributed by atoms with Gasteiger partial charge >= 0.3 is 26.4 Å². The van der Waals surface area contributed by atoms with Crippen molar-refractivity contribution in [2.24, 2.45) is 17.8 Å². The van der Waals surface area contributed by atoms with Crippen LogP contribution in [0, 0.1) is 17.8 Å². The zero-order chi connectivity index (χ0) is 22.8. The summed E-state index contributed by atoms with van der Waals surface area (Å²) < 4.78 is 40.0. The van der Waals surface area contributed by atoms with E-state index in [2.05, 4.69) is 62.3 Å². The van der Waals surface area contributed by atoms with Crippen LogP contribution in [0.15, 0.2) is 0 Å². The molecule has 0 saturated carbocycles. The first kappa shape index (κ1) is 28.4. The third kappa shape index (κ3) is 9.11. The Bertz CT molecular complexity index is 403. The lowest BCUT2D eigenvalue weighted by molar-refractivity contribution is 0.00795. The minimum Gasteiger partial charge on any atom is -0.374 e. The largest absolute Gasteiger partial charge is 0.486 e. The molecule has 1 saturated heterocycles.